The van der Waals surface area contributed by atoms with Gasteiger partial charge in [0, 0.05) is 11.1 Å². The molecule has 116 valence electrons. The van der Waals surface area contributed by atoms with Gasteiger partial charge in [-0.2, -0.15) is 0 Å². The highest BCUT2D eigenvalue weighted by Gasteiger charge is 2.07. The second kappa shape index (κ2) is 8.76. The first-order valence-electron chi connectivity index (χ1n) is 7.28. The fraction of sp³-hybridized carbons (Fsp3) is 0.0500. The van der Waals surface area contributed by atoms with Crippen LogP contribution in [0.25, 0.3) is 0 Å². The van der Waals surface area contributed by atoms with E-state index in [1.807, 2.05) is 91.0 Å². The third kappa shape index (κ3) is 4.70. The smallest absolute Gasteiger partial charge is 0.142 e. The Morgan fingerprint density at radius 1 is 0.652 bits per heavy atom. The van der Waals surface area contributed by atoms with Crippen LogP contribution in [-0.4, -0.2) is 5.71 Å². The molecule has 0 N–H and O–H groups in total. The Hall–Kier alpha value is -2.58. The number of oxime groups is 1. The molecule has 3 rings (SSSR count). The Balaban J connectivity index is 0.00000192. The van der Waals surface area contributed by atoms with Crippen molar-refractivity contribution in [2.45, 2.75) is 6.61 Å². The van der Waals surface area contributed by atoms with E-state index in [2.05, 4.69) is 5.16 Å². The van der Waals surface area contributed by atoms with Crippen molar-refractivity contribution in [1.82, 2.24) is 0 Å². The molecule has 0 aliphatic heterocycles. The maximum absolute atomic E-state index is 5.58. The summed E-state index contributed by atoms with van der Waals surface area (Å²) in [5.41, 5.74) is 4.03. The molecule has 0 saturated carbocycles. The lowest BCUT2D eigenvalue weighted by atomic mass is 10.0. The summed E-state index contributed by atoms with van der Waals surface area (Å²) < 4.78 is 0. The van der Waals surface area contributed by atoms with Gasteiger partial charge in [-0.25, -0.2) is 0 Å². The van der Waals surface area contributed by atoms with Gasteiger partial charge in [0.25, 0.3) is 0 Å². The van der Waals surface area contributed by atoms with Crippen LogP contribution in [0.4, 0.5) is 0 Å². The molecule has 0 aromatic heterocycles. The zero-order valence-corrected chi connectivity index (χ0v) is 13.4. The van der Waals surface area contributed by atoms with Crippen molar-refractivity contribution in [2.24, 2.45) is 5.16 Å². The van der Waals surface area contributed by atoms with Crippen molar-refractivity contribution in [2.75, 3.05) is 0 Å². The Morgan fingerprint density at radius 2 is 1.09 bits per heavy atom. The maximum atomic E-state index is 5.58. The summed E-state index contributed by atoms with van der Waals surface area (Å²) in [7, 11) is 0. The highest BCUT2D eigenvalue weighted by molar-refractivity contribution is 6.12. The second-order valence-electron chi connectivity index (χ2n) is 4.93. The average molecular weight is 324 g/mol. The van der Waals surface area contributed by atoms with E-state index in [0.717, 1.165) is 22.4 Å². The lowest BCUT2D eigenvalue weighted by Crippen LogP contribution is -2.04. The van der Waals surface area contributed by atoms with Crippen LogP contribution in [0, 0.1) is 0 Å². The van der Waals surface area contributed by atoms with E-state index in [9.17, 15) is 0 Å². The van der Waals surface area contributed by atoms with Gasteiger partial charge in [-0.1, -0.05) is 96.2 Å². The first-order chi connectivity index (χ1) is 10.9. The predicted molar refractivity (Wildman–Crippen MR) is 97.0 cm³/mol. The molecule has 0 atom stereocenters. The highest BCUT2D eigenvalue weighted by Crippen LogP contribution is 2.12. The van der Waals surface area contributed by atoms with E-state index in [1.165, 1.54) is 0 Å². The zero-order valence-electron chi connectivity index (χ0n) is 12.6. The molecule has 3 aromatic carbocycles. The molecule has 3 aromatic rings. The highest BCUT2D eigenvalue weighted by atomic mass is 35.5. The largest absolute Gasteiger partial charge is 0.390 e. The lowest BCUT2D eigenvalue weighted by molar-refractivity contribution is 0.131. The predicted octanol–water partition coefficient (Wildman–Crippen LogP) is 5.08. The maximum Gasteiger partial charge on any atom is 0.142 e. The second-order valence-corrected chi connectivity index (χ2v) is 4.93. The quantitative estimate of drug-likeness (QED) is 0.474. The van der Waals surface area contributed by atoms with Gasteiger partial charge in [0.05, 0.1) is 0 Å². The molecule has 2 nitrogen and oxygen atoms in total. The van der Waals surface area contributed by atoms with Crippen molar-refractivity contribution in [3.8, 4) is 0 Å². The molecule has 0 heterocycles. The van der Waals surface area contributed by atoms with Gasteiger partial charge in [-0.15, -0.1) is 12.4 Å². The minimum atomic E-state index is 0. The Morgan fingerprint density at radius 3 is 1.57 bits per heavy atom. The summed E-state index contributed by atoms with van der Waals surface area (Å²) in [6, 6.07) is 30.2. The average Bonchev–Trinajstić information content (AvgIpc) is 2.61. The molecule has 0 fully saturated rings. The van der Waals surface area contributed by atoms with Gasteiger partial charge in [0.15, 0.2) is 0 Å². The minimum absolute atomic E-state index is 0. The van der Waals surface area contributed by atoms with Crippen LogP contribution in [-0.2, 0) is 11.4 Å². The van der Waals surface area contributed by atoms with Crippen molar-refractivity contribution >= 4 is 18.1 Å². The number of nitrogens with zero attached hydrogens (tertiary/aromatic N) is 1. The summed E-state index contributed by atoms with van der Waals surface area (Å²) in [6.07, 6.45) is 0. The van der Waals surface area contributed by atoms with Crippen LogP contribution in [0.1, 0.15) is 16.7 Å². The lowest BCUT2D eigenvalue weighted by Gasteiger charge is -2.07. The monoisotopic (exact) mass is 323 g/mol. The number of hydrogen-bond donors (Lipinski definition) is 0. The SMILES string of the molecule is Cl.c1ccc(CON=C(c2ccccc2)c2ccccc2)cc1. The van der Waals surface area contributed by atoms with E-state index in [1.54, 1.807) is 0 Å². The minimum Gasteiger partial charge on any atom is -0.390 e. The Bertz CT molecular complexity index is 686. The van der Waals surface area contributed by atoms with Crippen molar-refractivity contribution < 1.29 is 4.84 Å². The number of benzene rings is 3. The fourth-order valence-corrected chi connectivity index (χ4v) is 2.21. The van der Waals surface area contributed by atoms with E-state index in [-0.39, 0.29) is 12.4 Å². The van der Waals surface area contributed by atoms with Crippen LogP contribution in [0.5, 0.6) is 0 Å². The van der Waals surface area contributed by atoms with E-state index in [4.69, 9.17) is 4.84 Å². The standard InChI is InChI=1S/C20H17NO.ClH/c1-4-10-17(11-5-1)16-22-21-20(18-12-6-2-7-13-18)19-14-8-3-9-15-19;/h1-15H,16H2;1H. The van der Waals surface area contributed by atoms with E-state index in [0.29, 0.717) is 6.61 Å². The van der Waals surface area contributed by atoms with Gasteiger partial charge >= 0.3 is 0 Å². The molecular weight excluding hydrogens is 306 g/mol. The Kier molecular flexibility index (Phi) is 6.40. The van der Waals surface area contributed by atoms with Crippen LogP contribution >= 0.6 is 12.4 Å². The van der Waals surface area contributed by atoms with Crippen LogP contribution in [0.2, 0.25) is 0 Å². The summed E-state index contributed by atoms with van der Waals surface area (Å²) in [5, 5.41) is 4.38. The van der Waals surface area contributed by atoms with E-state index >= 15 is 0 Å². The number of hydrogen-bond acceptors (Lipinski definition) is 2. The third-order valence-electron chi connectivity index (χ3n) is 3.32. The van der Waals surface area contributed by atoms with Crippen molar-refractivity contribution in [1.29, 1.82) is 0 Å². The summed E-state index contributed by atoms with van der Waals surface area (Å²) in [4.78, 5) is 5.58. The zero-order chi connectivity index (χ0) is 15.0. The van der Waals surface area contributed by atoms with Crippen LogP contribution in [0.3, 0.4) is 0 Å². The molecular formula is C20H18ClNO. The van der Waals surface area contributed by atoms with Gasteiger partial charge in [0.1, 0.15) is 12.3 Å². The summed E-state index contributed by atoms with van der Waals surface area (Å²) in [6.45, 7) is 0.462. The summed E-state index contributed by atoms with van der Waals surface area (Å²) in [5.74, 6) is 0. The van der Waals surface area contributed by atoms with Gasteiger partial charge in [-0.3, -0.25) is 0 Å². The molecule has 3 heteroatoms. The molecule has 0 radical (unpaired) electrons. The molecule has 0 unspecified atom stereocenters. The molecule has 0 amide bonds. The molecule has 0 spiro atoms. The normalized spacial score (nSPS) is 9.57. The first-order valence-corrected chi connectivity index (χ1v) is 7.28. The topological polar surface area (TPSA) is 21.6 Å². The fourth-order valence-electron chi connectivity index (χ4n) is 2.21. The molecule has 0 aliphatic carbocycles. The molecule has 0 saturated heterocycles. The molecule has 0 aliphatic rings. The number of rotatable bonds is 5. The van der Waals surface area contributed by atoms with Gasteiger partial charge in [-0.05, 0) is 5.56 Å². The van der Waals surface area contributed by atoms with Crippen LogP contribution in [0.15, 0.2) is 96.2 Å². The summed E-state index contributed by atoms with van der Waals surface area (Å²) >= 11 is 0. The molecule has 23 heavy (non-hydrogen) atoms. The van der Waals surface area contributed by atoms with Crippen molar-refractivity contribution in [3.05, 3.63) is 108 Å². The van der Waals surface area contributed by atoms with Crippen molar-refractivity contribution in [3.63, 3.8) is 0 Å². The Labute approximate surface area is 142 Å². The third-order valence-corrected chi connectivity index (χ3v) is 3.32. The van der Waals surface area contributed by atoms with Gasteiger partial charge < -0.3 is 4.84 Å². The van der Waals surface area contributed by atoms with Gasteiger partial charge in [0.2, 0.25) is 0 Å². The molecule has 0 bridgehead atoms. The first kappa shape index (κ1) is 16.8. The number of halogens is 1. The van der Waals surface area contributed by atoms with Crippen LogP contribution < -0.4 is 0 Å². The van der Waals surface area contributed by atoms with E-state index < -0.39 is 0 Å².